The first-order valence-electron chi connectivity index (χ1n) is 5.07. The molecule has 0 aromatic carbocycles. The quantitative estimate of drug-likeness (QED) is 0.771. The molecule has 16 heavy (non-hydrogen) atoms. The molecular weight excluding hydrogens is 228 g/mol. The van der Waals surface area contributed by atoms with Crippen LogP contribution in [0.15, 0.2) is 0 Å². The van der Waals surface area contributed by atoms with Gasteiger partial charge in [0.1, 0.15) is 0 Å². The number of nitrogens with zero attached hydrogens (tertiary/aromatic N) is 2. The van der Waals surface area contributed by atoms with E-state index in [0.29, 0.717) is 23.4 Å². The van der Waals surface area contributed by atoms with E-state index >= 15 is 0 Å². The summed E-state index contributed by atoms with van der Waals surface area (Å²) in [5.41, 5.74) is 0. The van der Waals surface area contributed by atoms with Gasteiger partial charge in [0.05, 0.1) is 6.61 Å². The second kappa shape index (κ2) is 6.39. The summed E-state index contributed by atoms with van der Waals surface area (Å²) in [7, 11) is 1.74. The summed E-state index contributed by atoms with van der Waals surface area (Å²) in [5, 5.41) is 14.2. The first-order chi connectivity index (χ1) is 7.67. The lowest BCUT2D eigenvalue weighted by Gasteiger charge is -2.11. The topological polar surface area (TPSA) is 76.1 Å². The first kappa shape index (κ1) is 12.9. The van der Waals surface area contributed by atoms with Gasteiger partial charge in [0.2, 0.25) is 10.1 Å². The van der Waals surface area contributed by atoms with Crippen LogP contribution in [-0.2, 0) is 4.74 Å². The summed E-state index contributed by atoms with van der Waals surface area (Å²) in [6.07, 6.45) is 0. The van der Waals surface area contributed by atoms with Crippen LogP contribution in [0, 0.1) is 0 Å². The molecule has 0 aliphatic carbocycles. The van der Waals surface area contributed by atoms with Gasteiger partial charge in [0, 0.05) is 19.7 Å². The van der Waals surface area contributed by atoms with E-state index in [1.807, 2.05) is 13.8 Å². The van der Waals surface area contributed by atoms with E-state index in [2.05, 4.69) is 20.8 Å². The number of hydrogen-bond acceptors (Lipinski definition) is 6. The molecule has 0 fully saturated rings. The molecule has 1 rings (SSSR count). The van der Waals surface area contributed by atoms with Crippen molar-refractivity contribution in [2.24, 2.45) is 0 Å². The molecule has 1 heterocycles. The summed E-state index contributed by atoms with van der Waals surface area (Å²) >= 11 is 1.22. The van der Waals surface area contributed by atoms with E-state index in [4.69, 9.17) is 4.74 Å². The van der Waals surface area contributed by atoms with Crippen LogP contribution in [0.2, 0.25) is 0 Å². The molecule has 1 unspecified atom stereocenters. The third-order valence-electron chi connectivity index (χ3n) is 1.78. The monoisotopic (exact) mass is 244 g/mol. The summed E-state index contributed by atoms with van der Waals surface area (Å²) in [4.78, 5) is 11.7. The van der Waals surface area contributed by atoms with Gasteiger partial charge in [-0.05, 0) is 13.8 Å². The van der Waals surface area contributed by atoms with E-state index in [9.17, 15) is 4.79 Å². The van der Waals surface area contributed by atoms with Gasteiger partial charge in [-0.25, -0.2) is 0 Å². The molecule has 90 valence electrons. The van der Waals surface area contributed by atoms with Crippen molar-refractivity contribution in [1.82, 2.24) is 15.5 Å². The molecule has 0 aliphatic rings. The number of hydrogen-bond donors (Lipinski definition) is 2. The van der Waals surface area contributed by atoms with E-state index in [0.717, 1.165) is 0 Å². The maximum absolute atomic E-state index is 11.7. The summed E-state index contributed by atoms with van der Waals surface area (Å²) < 4.78 is 5.20. The SMILES string of the molecule is CCOCC(C)NC(=O)c1nnc(NC)s1. The van der Waals surface area contributed by atoms with Crippen LogP contribution in [0.4, 0.5) is 5.13 Å². The van der Waals surface area contributed by atoms with Crippen LogP contribution in [0.5, 0.6) is 0 Å². The zero-order valence-corrected chi connectivity index (χ0v) is 10.4. The Labute approximate surface area is 98.4 Å². The van der Waals surface area contributed by atoms with Crippen molar-refractivity contribution >= 4 is 22.4 Å². The molecule has 2 N–H and O–H groups in total. The zero-order valence-electron chi connectivity index (χ0n) is 9.61. The molecule has 0 saturated heterocycles. The number of carbonyl (C=O) groups excluding carboxylic acids is 1. The van der Waals surface area contributed by atoms with Gasteiger partial charge < -0.3 is 15.4 Å². The molecule has 0 aliphatic heterocycles. The highest BCUT2D eigenvalue weighted by atomic mass is 32.1. The van der Waals surface area contributed by atoms with Crippen molar-refractivity contribution in [2.45, 2.75) is 19.9 Å². The molecule has 0 bridgehead atoms. The van der Waals surface area contributed by atoms with Crippen molar-refractivity contribution < 1.29 is 9.53 Å². The third-order valence-corrected chi connectivity index (χ3v) is 2.72. The number of rotatable bonds is 6. The Bertz CT molecular complexity index is 342. The molecule has 7 heteroatoms. The van der Waals surface area contributed by atoms with E-state index in [-0.39, 0.29) is 11.9 Å². The highest BCUT2D eigenvalue weighted by molar-refractivity contribution is 7.17. The van der Waals surface area contributed by atoms with Crippen molar-refractivity contribution in [3.05, 3.63) is 5.01 Å². The Balaban J connectivity index is 2.45. The molecule has 0 spiro atoms. The van der Waals surface area contributed by atoms with Crippen LogP contribution >= 0.6 is 11.3 Å². The lowest BCUT2D eigenvalue weighted by molar-refractivity contribution is 0.0871. The Kier molecular flexibility index (Phi) is 5.13. The molecular formula is C9H16N4O2S. The van der Waals surface area contributed by atoms with E-state index < -0.39 is 0 Å². The number of anilines is 1. The Morgan fingerprint density at radius 1 is 1.56 bits per heavy atom. The Morgan fingerprint density at radius 3 is 2.88 bits per heavy atom. The maximum Gasteiger partial charge on any atom is 0.282 e. The minimum atomic E-state index is -0.216. The summed E-state index contributed by atoms with van der Waals surface area (Å²) in [6.45, 7) is 4.94. The Morgan fingerprint density at radius 2 is 2.31 bits per heavy atom. The fraction of sp³-hybridized carbons (Fsp3) is 0.667. The molecule has 1 atom stereocenters. The van der Waals surface area contributed by atoms with Gasteiger partial charge in [-0.3, -0.25) is 4.79 Å². The second-order valence-corrected chi connectivity index (χ2v) is 4.17. The van der Waals surface area contributed by atoms with Crippen LogP contribution in [0.1, 0.15) is 23.6 Å². The molecule has 6 nitrogen and oxygen atoms in total. The number of aromatic nitrogens is 2. The van der Waals surface area contributed by atoms with Crippen molar-refractivity contribution in [1.29, 1.82) is 0 Å². The van der Waals surface area contributed by atoms with Crippen molar-refractivity contribution in [2.75, 3.05) is 25.6 Å². The Hall–Kier alpha value is -1.21. The third kappa shape index (κ3) is 3.74. The van der Waals surface area contributed by atoms with Gasteiger partial charge in [-0.15, -0.1) is 10.2 Å². The van der Waals surface area contributed by atoms with Gasteiger partial charge in [-0.1, -0.05) is 11.3 Å². The van der Waals surface area contributed by atoms with Gasteiger partial charge in [-0.2, -0.15) is 0 Å². The lowest BCUT2D eigenvalue weighted by Crippen LogP contribution is -2.35. The highest BCUT2D eigenvalue weighted by Gasteiger charge is 2.14. The first-order valence-corrected chi connectivity index (χ1v) is 5.88. The number of carbonyl (C=O) groups is 1. The lowest BCUT2D eigenvalue weighted by atomic mass is 10.3. The minimum Gasteiger partial charge on any atom is -0.380 e. The van der Waals surface area contributed by atoms with Crippen LogP contribution in [0.3, 0.4) is 0 Å². The molecule has 1 amide bonds. The molecule has 1 aromatic heterocycles. The molecule has 1 aromatic rings. The minimum absolute atomic E-state index is 0.0330. The molecule has 0 saturated carbocycles. The number of nitrogens with one attached hydrogen (secondary N) is 2. The average molecular weight is 244 g/mol. The van der Waals surface area contributed by atoms with Crippen LogP contribution < -0.4 is 10.6 Å². The van der Waals surface area contributed by atoms with Gasteiger partial charge in [0.15, 0.2) is 0 Å². The predicted octanol–water partition coefficient (Wildman–Crippen LogP) is 0.735. The average Bonchev–Trinajstić information content (AvgIpc) is 2.74. The zero-order chi connectivity index (χ0) is 12.0. The number of ether oxygens (including phenoxy) is 1. The smallest absolute Gasteiger partial charge is 0.282 e. The fourth-order valence-corrected chi connectivity index (χ4v) is 1.64. The van der Waals surface area contributed by atoms with Crippen LogP contribution in [-0.4, -0.2) is 42.4 Å². The largest absolute Gasteiger partial charge is 0.380 e. The van der Waals surface area contributed by atoms with Crippen molar-refractivity contribution in [3.63, 3.8) is 0 Å². The van der Waals surface area contributed by atoms with Crippen LogP contribution in [0.25, 0.3) is 0 Å². The normalized spacial score (nSPS) is 12.2. The molecule has 0 radical (unpaired) electrons. The predicted molar refractivity (Wildman–Crippen MR) is 62.9 cm³/mol. The van der Waals surface area contributed by atoms with Gasteiger partial charge >= 0.3 is 0 Å². The number of amides is 1. The maximum atomic E-state index is 11.7. The summed E-state index contributed by atoms with van der Waals surface area (Å²) in [5.74, 6) is -0.216. The van der Waals surface area contributed by atoms with Crippen molar-refractivity contribution in [3.8, 4) is 0 Å². The fourth-order valence-electron chi connectivity index (χ4n) is 1.04. The second-order valence-electron chi connectivity index (χ2n) is 3.20. The standard InChI is InChI=1S/C9H16N4O2S/c1-4-15-5-6(2)11-7(14)8-12-13-9(10-3)16-8/h6H,4-5H2,1-3H3,(H,10,13)(H,11,14). The van der Waals surface area contributed by atoms with E-state index in [1.54, 1.807) is 7.05 Å². The summed E-state index contributed by atoms with van der Waals surface area (Å²) in [6, 6.07) is -0.0330. The van der Waals surface area contributed by atoms with Gasteiger partial charge in [0.25, 0.3) is 5.91 Å². The highest BCUT2D eigenvalue weighted by Crippen LogP contribution is 2.13. The van der Waals surface area contributed by atoms with E-state index in [1.165, 1.54) is 11.3 Å².